The van der Waals surface area contributed by atoms with Crippen LogP contribution in [-0.2, 0) is 4.79 Å². The van der Waals surface area contributed by atoms with Gasteiger partial charge in [-0.15, -0.1) is 0 Å². The van der Waals surface area contributed by atoms with E-state index in [2.05, 4.69) is 33.4 Å². The minimum absolute atomic E-state index is 0.000748. The summed E-state index contributed by atoms with van der Waals surface area (Å²) in [6, 6.07) is 7.80. The molecular formula is C19H29BrN2O. The molecule has 0 saturated heterocycles. The van der Waals surface area contributed by atoms with E-state index >= 15 is 0 Å². The van der Waals surface area contributed by atoms with Crippen LogP contribution in [0.3, 0.4) is 0 Å². The second-order valence-corrected chi connectivity index (χ2v) is 6.84. The molecule has 0 radical (unpaired) electrons. The molecule has 3 nitrogen and oxygen atoms in total. The minimum Gasteiger partial charge on any atom is -0.273 e. The zero-order chi connectivity index (χ0) is 16.8. The summed E-state index contributed by atoms with van der Waals surface area (Å²) >= 11 is 3.41. The molecule has 1 aromatic carbocycles. The Morgan fingerprint density at radius 3 is 2.39 bits per heavy atom. The predicted molar refractivity (Wildman–Crippen MR) is 102 cm³/mol. The van der Waals surface area contributed by atoms with Crippen molar-refractivity contribution in [2.45, 2.75) is 71.1 Å². The van der Waals surface area contributed by atoms with Crippen molar-refractivity contribution in [3.8, 4) is 0 Å². The van der Waals surface area contributed by atoms with Crippen LogP contribution in [0, 0.1) is 0 Å². The first-order valence-electron chi connectivity index (χ1n) is 8.80. The van der Waals surface area contributed by atoms with Crippen molar-refractivity contribution in [3.05, 3.63) is 34.3 Å². The third-order valence-corrected chi connectivity index (χ3v) is 4.25. The molecule has 23 heavy (non-hydrogen) atoms. The summed E-state index contributed by atoms with van der Waals surface area (Å²) in [6.45, 7) is 2.24. The summed E-state index contributed by atoms with van der Waals surface area (Å²) in [5.41, 5.74) is 3.55. The number of carbonyl (C=O) groups is 1. The van der Waals surface area contributed by atoms with Gasteiger partial charge in [0.2, 0.25) is 5.91 Å². The fourth-order valence-corrected chi connectivity index (χ4v) is 2.83. The normalized spacial score (nSPS) is 11.0. The molecule has 0 spiro atoms. The Labute approximate surface area is 149 Å². The molecular weight excluding hydrogens is 352 g/mol. The number of benzene rings is 1. The van der Waals surface area contributed by atoms with Crippen molar-refractivity contribution in [1.29, 1.82) is 0 Å². The molecule has 128 valence electrons. The molecule has 0 atom stereocenters. The fraction of sp³-hybridized carbons (Fsp3) is 0.579. The summed E-state index contributed by atoms with van der Waals surface area (Å²) in [6.07, 6.45) is 13.6. The number of hydrogen-bond acceptors (Lipinski definition) is 2. The Balaban J connectivity index is 2.00. The second-order valence-electron chi connectivity index (χ2n) is 5.93. The van der Waals surface area contributed by atoms with Crippen molar-refractivity contribution in [3.63, 3.8) is 0 Å². The van der Waals surface area contributed by atoms with Gasteiger partial charge in [-0.3, -0.25) is 4.79 Å². The zero-order valence-electron chi connectivity index (χ0n) is 14.2. The van der Waals surface area contributed by atoms with E-state index < -0.39 is 0 Å². The molecule has 0 saturated carbocycles. The number of halogens is 1. The smallest absolute Gasteiger partial charge is 0.240 e. The fourth-order valence-electron chi connectivity index (χ4n) is 2.42. The molecule has 1 amide bonds. The van der Waals surface area contributed by atoms with Gasteiger partial charge in [-0.25, -0.2) is 5.43 Å². The topological polar surface area (TPSA) is 41.5 Å². The molecule has 1 aromatic rings. The van der Waals surface area contributed by atoms with Crippen LogP contribution >= 0.6 is 15.9 Å². The van der Waals surface area contributed by atoms with Gasteiger partial charge < -0.3 is 0 Å². The average Bonchev–Trinajstić information content (AvgIpc) is 2.53. The van der Waals surface area contributed by atoms with Crippen molar-refractivity contribution in [2.24, 2.45) is 5.10 Å². The van der Waals surface area contributed by atoms with Crippen LogP contribution in [0.2, 0.25) is 0 Å². The first-order valence-corrected chi connectivity index (χ1v) is 9.59. The Bertz CT molecular complexity index is 474. The molecule has 1 N–H and O–H groups in total. The van der Waals surface area contributed by atoms with Gasteiger partial charge in [-0.05, 0) is 24.1 Å². The van der Waals surface area contributed by atoms with Crippen LogP contribution in [0.5, 0.6) is 0 Å². The van der Waals surface area contributed by atoms with Crippen LogP contribution in [0.4, 0.5) is 0 Å². The lowest BCUT2D eigenvalue weighted by atomic mass is 10.1. The van der Waals surface area contributed by atoms with Crippen LogP contribution in [0.25, 0.3) is 0 Å². The summed E-state index contributed by atoms with van der Waals surface area (Å²) < 4.78 is 1.00. The van der Waals surface area contributed by atoms with Gasteiger partial charge in [0.1, 0.15) is 0 Å². The molecule has 4 heteroatoms. The van der Waals surface area contributed by atoms with Gasteiger partial charge in [0, 0.05) is 10.9 Å². The monoisotopic (exact) mass is 380 g/mol. The number of nitrogens with zero attached hydrogens (tertiary/aromatic N) is 1. The summed E-state index contributed by atoms with van der Waals surface area (Å²) in [5, 5.41) is 3.99. The third kappa shape index (κ3) is 11.1. The molecule has 0 fully saturated rings. The largest absolute Gasteiger partial charge is 0.273 e. The third-order valence-electron chi connectivity index (χ3n) is 3.76. The number of amides is 1. The highest BCUT2D eigenvalue weighted by Gasteiger charge is 1.99. The van der Waals surface area contributed by atoms with E-state index in [1.54, 1.807) is 6.21 Å². The van der Waals surface area contributed by atoms with Gasteiger partial charge in [0.15, 0.2) is 0 Å². The molecule has 1 rings (SSSR count). The highest BCUT2D eigenvalue weighted by molar-refractivity contribution is 9.10. The molecule has 0 aromatic heterocycles. The minimum atomic E-state index is -0.000748. The molecule has 0 aliphatic heterocycles. The lowest BCUT2D eigenvalue weighted by Gasteiger charge is -2.02. The van der Waals surface area contributed by atoms with E-state index in [-0.39, 0.29) is 5.91 Å². The number of unbranched alkanes of at least 4 members (excludes halogenated alkanes) is 8. The lowest BCUT2D eigenvalue weighted by molar-refractivity contribution is -0.121. The lowest BCUT2D eigenvalue weighted by Crippen LogP contribution is -2.16. The maximum absolute atomic E-state index is 11.7. The molecule has 0 aliphatic carbocycles. The van der Waals surface area contributed by atoms with Crippen molar-refractivity contribution >= 4 is 28.1 Å². The van der Waals surface area contributed by atoms with Crippen molar-refractivity contribution in [2.75, 3.05) is 0 Å². The Morgan fingerprint density at radius 1 is 1.09 bits per heavy atom. The van der Waals surface area contributed by atoms with Gasteiger partial charge in [-0.1, -0.05) is 86.4 Å². The highest BCUT2D eigenvalue weighted by atomic mass is 79.9. The van der Waals surface area contributed by atoms with Gasteiger partial charge in [-0.2, -0.15) is 5.10 Å². The first-order chi connectivity index (χ1) is 11.2. The highest BCUT2D eigenvalue weighted by Crippen LogP contribution is 2.11. The van der Waals surface area contributed by atoms with Crippen molar-refractivity contribution < 1.29 is 4.79 Å². The number of hydrazone groups is 1. The van der Waals surface area contributed by atoms with Crippen molar-refractivity contribution in [1.82, 2.24) is 5.43 Å². The predicted octanol–water partition coefficient (Wildman–Crippen LogP) is 5.82. The Kier molecular flexibility index (Phi) is 11.5. The molecule has 0 bridgehead atoms. The standard InChI is InChI=1S/C19H29BrN2O/c1-2-3-4-5-6-7-8-9-10-14-19(23)22-21-16-17-12-11-13-18(20)15-17/h11-13,15-16H,2-10,14H2,1H3,(H,22,23)/b21-16+. The number of hydrogen-bond donors (Lipinski definition) is 1. The quantitative estimate of drug-likeness (QED) is 0.277. The average molecular weight is 381 g/mol. The second kappa shape index (κ2) is 13.3. The van der Waals surface area contributed by atoms with E-state index in [4.69, 9.17) is 0 Å². The zero-order valence-corrected chi connectivity index (χ0v) is 15.8. The Morgan fingerprint density at radius 2 is 1.74 bits per heavy atom. The van der Waals surface area contributed by atoms with Crippen LogP contribution in [0.15, 0.2) is 33.8 Å². The van der Waals surface area contributed by atoms with E-state index in [9.17, 15) is 4.79 Å². The van der Waals surface area contributed by atoms with E-state index in [0.717, 1.165) is 22.9 Å². The maximum atomic E-state index is 11.7. The van der Waals surface area contributed by atoms with Gasteiger partial charge in [0.05, 0.1) is 6.21 Å². The summed E-state index contributed by atoms with van der Waals surface area (Å²) in [7, 11) is 0. The maximum Gasteiger partial charge on any atom is 0.240 e. The summed E-state index contributed by atoms with van der Waals surface area (Å²) in [4.78, 5) is 11.7. The first kappa shape index (κ1) is 19.9. The number of nitrogens with one attached hydrogen (secondary N) is 1. The number of rotatable bonds is 12. The van der Waals surface area contributed by atoms with E-state index in [1.165, 1.54) is 44.9 Å². The SMILES string of the molecule is CCCCCCCCCCCC(=O)N/N=C/c1cccc(Br)c1. The van der Waals surface area contributed by atoms with E-state index in [0.29, 0.717) is 6.42 Å². The summed E-state index contributed by atoms with van der Waals surface area (Å²) in [5.74, 6) is -0.000748. The van der Waals surface area contributed by atoms with Crippen LogP contribution in [-0.4, -0.2) is 12.1 Å². The number of carbonyl (C=O) groups excluding carboxylic acids is 1. The van der Waals surface area contributed by atoms with Crippen LogP contribution in [0.1, 0.15) is 76.7 Å². The molecule has 0 heterocycles. The Hall–Kier alpha value is -1.16. The van der Waals surface area contributed by atoms with Crippen LogP contribution < -0.4 is 5.43 Å². The van der Waals surface area contributed by atoms with E-state index in [1.807, 2.05) is 24.3 Å². The van der Waals surface area contributed by atoms with Gasteiger partial charge in [0.25, 0.3) is 0 Å². The molecule has 0 unspecified atom stereocenters. The van der Waals surface area contributed by atoms with Gasteiger partial charge >= 0.3 is 0 Å². The molecule has 0 aliphatic rings.